The lowest BCUT2D eigenvalue weighted by atomic mass is 10.1. The Kier molecular flexibility index (Phi) is 4.03. The lowest BCUT2D eigenvalue weighted by molar-refractivity contribution is 0.223. The third kappa shape index (κ3) is 2.98. The van der Waals surface area contributed by atoms with Gasteiger partial charge in [0.1, 0.15) is 0 Å². The summed E-state index contributed by atoms with van der Waals surface area (Å²) in [5.74, 6) is 0. The molecule has 2 aromatic rings. The highest BCUT2D eigenvalue weighted by Crippen LogP contribution is 2.26. The molecule has 1 aliphatic heterocycles. The fraction of sp³-hybridized carbons (Fsp3) is 0.429. The van der Waals surface area contributed by atoms with Crippen LogP contribution < -0.4 is 0 Å². The van der Waals surface area contributed by atoms with Gasteiger partial charge in [0.2, 0.25) is 10.0 Å². The van der Waals surface area contributed by atoms with E-state index in [-0.39, 0.29) is 6.04 Å². The predicted octanol–water partition coefficient (Wildman–Crippen LogP) is 1.52. The van der Waals surface area contributed by atoms with Gasteiger partial charge in [-0.25, -0.2) is 8.42 Å². The van der Waals surface area contributed by atoms with E-state index < -0.39 is 10.0 Å². The van der Waals surface area contributed by atoms with E-state index in [1.807, 2.05) is 6.07 Å². The number of sulfonamides is 1. The smallest absolute Gasteiger partial charge is 0.243 e. The van der Waals surface area contributed by atoms with Crippen molar-refractivity contribution in [2.45, 2.75) is 36.7 Å². The molecule has 0 saturated carbocycles. The Morgan fingerprint density at radius 1 is 1.19 bits per heavy atom. The Balaban J connectivity index is 1.87. The molecule has 2 heterocycles. The molecule has 1 aromatic heterocycles. The van der Waals surface area contributed by atoms with Crippen molar-refractivity contribution in [1.29, 1.82) is 0 Å². The standard InChI is InChI=1S/C14H18N4O2S/c19-21(20,14-7-2-1-3-8-14)18-10-5-4-6-13(18)12-17-11-9-15-16-17/h1-3,7-9,11,13H,4-6,10,12H2/t13-/m0/s1. The van der Waals surface area contributed by atoms with Gasteiger partial charge in [0, 0.05) is 18.8 Å². The number of piperidine rings is 1. The van der Waals surface area contributed by atoms with Crippen LogP contribution in [0.25, 0.3) is 0 Å². The van der Waals surface area contributed by atoms with Crippen molar-refractivity contribution >= 4 is 10.0 Å². The Labute approximate surface area is 124 Å². The van der Waals surface area contributed by atoms with Crippen LogP contribution in [0.1, 0.15) is 19.3 Å². The molecule has 1 aromatic carbocycles. The number of benzene rings is 1. The van der Waals surface area contributed by atoms with Crippen LogP contribution in [0, 0.1) is 0 Å². The molecule has 0 bridgehead atoms. The van der Waals surface area contributed by atoms with Crippen molar-refractivity contribution in [2.24, 2.45) is 0 Å². The van der Waals surface area contributed by atoms with Crippen LogP contribution in [0.15, 0.2) is 47.6 Å². The van der Waals surface area contributed by atoms with Gasteiger partial charge in [-0.2, -0.15) is 4.31 Å². The van der Waals surface area contributed by atoms with Crippen LogP contribution in [0.3, 0.4) is 0 Å². The maximum absolute atomic E-state index is 12.8. The van der Waals surface area contributed by atoms with Gasteiger partial charge in [-0.1, -0.05) is 29.8 Å². The maximum Gasteiger partial charge on any atom is 0.243 e. The Bertz CT molecular complexity index is 670. The number of hydrogen-bond acceptors (Lipinski definition) is 4. The second-order valence-electron chi connectivity index (χ2n) is 5.20. The summed E-state index contributed by atoms with van der Waals surface area (Å²) < 4.78 is 28.9. The van der Waals surface area contributed by atoms with Crippen LogP contribution in [0.5, 0.6) is 0 Å². The molecule has 6 nitrogen and oxygen atoms in total. The van der Waals surface area contributed by atoms with Gasteiger partial charge in [0.25, 0.3) is 0 Å². The summed E-state index contributed by atoms with van der Waals surface area (Å²) in [6.45, 7) is 1.11. The first kappa shape index (κ1) is 14.2. The fourth-order valence-corrected chi connectivity index (χ4v) is 4.45. The summed E-state index contributed by atoms with van der Waals surface area (Å²) >= 11 is 0. The Hall–Kier alpha value is -1.73. The van der Waals surface area contributed by atoms with Crippen molar-refractivity contribution in [3.05, 3.63) is 42.7 Å². The van der Waals surface area contributed by atoms with Gasteiger partial charge in [0.05, 0.1) is 17.6 Å². The first-order chi connectivity index (χ1) is 10.2. The molecule has 0 spiro atoms. The van der Waals surface area contributed by atoms with Gasteiger partial charge in [-0.05, 0) is 25.0 Å². The van der Waals surface area contributed by atoms with Crippen molar-refractivity contribution in [3.8, 4) is 0 Å². The summed E-state index contributed by atoms with van der Waals surface area (Å²) in [5, 5.41) is 7.72. The summed E-state index contributed by atoms with van der Waals surface area (Å²) in [4.78, 5) is 0.357. The highest BCUT2D eigenvalue weighted by atomic mass is 32.2. The summed E-state index contributed by atoms with van der Waals surface area (Å²) in [7, 11) is -3.44. The third-order valence-corrected chi connectivity index (χ3v) is 5.76. The van der Waals surface area contributed by atoms with Crippen LogP contribution in [0.4, 0.5) is 0 Å². The molecule has 0 unspecified atom stereocenters. The molecule has 21 heavy (non-hydrogen) atoms. The first-order valence-corrected chi connectivity index (χ1v) is 8.53. The molecule has 0 aliphatic carbocycles. The summed E-state index contributed by atoms with van der Waals surface area (Å²) in [6.07, 6.45) is 6.17. The molecule has 7 heteroatoms. The second kappa shape index (κ2) is 5.95. The van der Waals surface area contributed by atoms with Gasteiger partial charge in [0.15, 0.2) is 0 Å². The molecule has 1 aliphatic rings. The predicted molar refractivity (Wildman–Crippen MR) is 78.0 cm³/mol. The van der Waals surface area contributed by atoms with Gasteiger partial charge >= 0.3 is 0 Å². The zero-order valence-corrected chi connectivity index (χ0v) is 12.5. The summed E-state index contributed by atoms with van der Waals surface area (Å²) in [5.41, 5.74) is 0. The van der Waals surface area contributed by atoms with E-state index in [9.17, 15) is 8.42 Å². The average molecular weight is 306 g/mol. The van der Waals surface area contributed by atoms with Crippen LogP contribution in [-0.2, 0) is 16.6 Å². The van der Waals surface area contributed by atoms with Crippen molar-refractivity contribution in [1.82, 2.24) is 19.3 Å². The van der Waals surface area contributed by atoms with Gasteiger partial charge in [-0.15, -0.1) is 5.10 Å². The Morgan fingerprint density at radius 3 is 2.71 bits per heavy atom. The number of rotatable bonds is 4. The molecular weight excluding hydrogens is 288 g/mol. The van der Waals surface area contributed by atoms with E-state index in [0.29, 0.717) is 18.0 Å². The zero-order valence-electron chi connectivity index (χ0n) is 11.7. The molecule has 0 N–H and O–H groups in total. The normalized spacial score (nSPS) is 20.5. The lowest BCUT2D eigenvalue weighted by Gasteiger charge is -2.34. The molecule has 0 amide bonds. The quantitative estimate of drug-likeness (QED) is 0.859. The molecule has 1 saturated heterocycles. The zero-order chi connectivity index (χ0) is 14.7. The SMILES string of the molecule is O=S(=O)(c1ccccc1)N1CCCC[C@H]1Cn1ccnn1. The van der Waals surface area contributed by atoms with E-state index in [0.717, 1.165) is 19.3 Å². The van der Waals surface area contributed by atoms with Gasteiger partial charge in [-0.3, -0.25) is 4.68 Å². The van der Waals surface area contributed by atoms with Crippen LogP contribution >= 0.6 is 0 Å². The average Bonchev–Trinajstić information content (AvgIpc) is 3.01. The molecule has 112 valence electrons. The Morgan fingerprint density at radius 2 is 2.00 bits per heavy atom. The van der Waals surface area contributed by atoms with Crippen LogP contribution in [-0.4, -0.2) is 40.3 Å². The molecule has 3 rings (SSSR count). The van der Waals surface area contributed by atoms with E-state index in [2.05, 4.69) is 10.3 Å². The van der Waals surface area contributed by atoms with Crippen molar-refractivity contribution in [3.63, 3.8) is 0 Å². The van der Waals surface area contributed by atoms with E-state index in [4.69, 9.17) is 0 Å². The van der Waals surface area contributed by atoms with Crippen molar-refractivity contribution < 1.29 is 8.42 Å². The van der Waals surface area contributed by atoms with E-state index in [1.54, 1.807) is 45.6 Å². The minimum absolute atomic E-state index is 0.0642. The fourth-order valence-electron chi connectivity index (χ4n) is 2.75. The third-order valence-electron chi connectivity index (χ3n) is 3.79. The first-order valence-electron chi connectivity index (χ1n) is 7.09. The summed E-state index contributed by atoms with van der Waals surface area (Å²) in [6, 6.07) is 8.56. The highest BCUT2D eigenvalue weighted by molar-refractivity contribution is 7.89. The van der Waals surface area contributed by atoms with E-state index in [1.165, 1.54) is 0 Å². The lowest BCUT2D eigenvalue weighted by Crippen LogP contribution is -2.45. The minimum Gasteiger partial charge on any atom is -0.251 e. The number of nitrogens with zero attached hydrogens (tertiary/aromatic N) is 4. The van der Waals surface area contributed by atoms with Crippen LogP contribution in [0.2, 0.25) is 0 Å². The number of aromatic nitrogens is 3. The number of hydrogen-bond donors (Lipinski definition) is 0. The highest BCUT2D eigenvalue weighted by Gasteiger charge is 2.33. The largest absolute Gasteiger partial charge is 0.251 e. The van der Waals surface area contributed by atoms with E-state index >= 15 is 0 Å². The van der Waals surface area contributed by atoms with Crippen molar-refractivity contribution in [2.75, 3.05) is 6.54 Å². The minimum atomic E-state index is -3.44. The molecular formula is C14H18N4O2S. The molecule has 0 radical (unpaired) electrons. The monoisotopic (exact) mass is 306 g/mol. The second-order valence-corrected chi connectivity index (χ2v) is 7.09. The molecule has 1 atom stereocenters. The molecule has 1 fully saturated rings. The topological polar surface area (TPSA) is 68.1 Å². The maximum atomic E-state index is 12.8. The van der Waals surface area contributed by atoms with Gasteiger partial charge < -0.3 is 0 Å².